The van der Waals surface area contributed by atoms with E-state index in [2.05, 4.69) is 0 Å². The van der Waals surface area contributed by atoms with E-state index in [0.717, 1.165) is 47.5 Å². The summed E-state index contributed by atoms with van der Waals surface area (Å²) < 4.78 is 53.4. The third kappa shape index (κ3) is 5.67. The van der Waals surface area contributed by atoms with Gasteiger partial charge in [-0.2, -0.15) is 0 Å². The number of aromatic hydroxyl groups is 4. The van der Waals surface area contributed by atoms with Gasteiger partial charge < -0.3 is 20.4 Å². The van der Waals surface area contributed by atoms with Gasteiger partial charge in [0.05, 0.1) is 16.3 Å². The third-order valence-corrected chi connectivity index (χ3v) is 8.50. The second-order valence-electron chi connectivity index (χ2n) is 7.97. The van der Waals surface area contributed by atoms with Crippen molar-refractivity contribution in [3.05, 3.63) is 96.6 Å². The smallest absolute Gasteiger partial charge is 0.257 e. The Bertz CT molecular complexity index is 1640. The maximum absolute atomic E-state index is 13.4. The summed E-state index contributed by atoms with van der Waals surface area (Å²) in [6.45, 7) is -0.442. The van der Waals surface area contributed by atoms with Crippen molar-refractivity contribution in [3.8, 4) is 34.1 Å². The van der Waals surface area contributed by atoms with E-state index in [0.29, 0.717) is 9.98 Å². The molecule has 0 saturated carbocycles. The maximum Gasteiger partial charge on any atom is 0.257 e. The van der Waals surface area contributed by atoms with E-state index in [9.17, 15) is 37.3 Å². The normalized spacial score (nSPS) is 12.0. The fraction of sp³-hybridized carbons (Fsp3) is 0.0400. The summed E-state index contributed by atoms with van der Waals surface area (Å²) in [6.07, 6.45) is 0. The molecule has 0 amide bonds. The molecule has 0 radical (unpaired) electrons. The van der Waals surface area contributed by atoms with Crippen molar-refractivity contribution in [1.29, 1.82) is 0 Å². The first-order valence-electron chi connectivity index (χ1n) is 10.7. The lowest BCUT2D eigenvalue weighted by atomic mass is 10.0. The highest BCUT2D eigenvalue weighted by Crippen LogP contribution is 2.30. The first-order chi connectivity index (χ1) is 17.5. The molecule has 4 rings (SSSR count). The van der Waals surface area contributed by atoms with E-state index >= 15 is 0 Å². The van der Waals surface area contributed by atoms with Gasteiger partial charge in [-0.1, -0.05) is 54.6 Å². The molecule has 192 valence electrons. The largest absolute Gasteiger partial charge is 0.504 e. The van der Waals surface area contributed by atoms with Gasteiger partial charge in [0.1, 0.15) is 0 Å². The number of sulfonamides is 2. The molecule has 0 fully saturated rings. The third-order valence-electron chi connectivity index (χ3n) is 5.40. The molecular formula is C25H22N2O8S2. The number of hydrogen-bond acceptors (Lipinski definition) is 8. The molecule has 4 aromatic rings. The van der Waals surface area contributed by atoms with Gasteiger partial charge in [0.25, 0.3) is 20.0 Å². The van der Waals surface area contributed by atoms with Crippen molar-refractivity contribution >= 4 is 20.0 Å². The van der Waals surface area contributed by atoms with Crippen LogP contribution in [0.15, 0.2) is 101 Å². The first kappa shape index (κ1) is 26.0. The van der Waals surface area contributed by atoms with E-state index in [1.807, 2.05) is 35.2 Å². The number of hydrazine groups is 1. The zero-order chi connectivity index (χ0) is 26.8. The van der Waals surface area contributed by atoms with Crippen LogP contribution in [0.1, 0.15) is 5.56 Å². The van der Waals surface area contributed by atoms with Gasteiger partial charge in [0.2, 0.25) is 0 Å². The highest BCUT2D eigenvalue weighted by Gasteiger charge is 2.31. The Hall–Kier alpha value is -4.10. The topological polar surface area (TPSA) is 164 Å². The van der Waals surface area contributed by atoms with Crippen molar-refractivity contribution in [1.82, 2.24) is 9.25 Å². The van der Waals surface area contributed by atoms with Gasteiger partial charge in [-0.3, -0.25) is 0 Å². The molecule has 0 aliphatic heterocycles. The number of nitrogens with one attached hydrogen (secondary N) is 1. The lowest BCUT2D eigenvalue weighted by molar-refractivity contribution is 0.369. The van der Waals surface area contributed by atoms with Crippen LogP contribution in [0.25, 0.3) is 11.1 Å². The second-order valence-corrected chi connectivity index (χ2v) is 11.5. The standard InChI is InChI=1S/C25H22N2O8S2/c28-22-12-10-20(14-24(22)30)36(32,33)26-27(37(34,35)21-11-13-23(29)25(31)15-21)16-17-6-8-19(9-7-17)18-4-2-1-3-5-18/h1-15,26,28-31H,16H2. The van der Waals surface area contributed by atoms with E-state index in [1.165, 1.54) is 0 Å². The molecule has 0 aliphatic rings. The summed E-state index contributed by atoms with van der Waals surface area (Å²) in [5, 5.41) is 38.6. The zero-order valence-corrected chi connectivity index (χ0v) is 20.7. The molecule has 0 spiro atoms. The Labute approximate surface area is 213 Å². The Morgan fingerprint density at radius 2 is 1.11 bits per heavy atom. The molecule has 0 aliphatic carbocycles. The number of benzene rings is 4. The van der Waals surface area contributed by atoms with Crippen LogP contribution in [0.4, 0.5) is 0 Å². The molecule has 12 heteroatoms. The average molecular weight is 543 g/mol. The van der Waals surface area contributed by atoms with Gasteiger partial charge >= 0.3 is 0 Å². The van der Waals surface area contributed by atoms with Crippen LogP contribution in [0.3, 0.4) is 0 Å². The van der Waals surface area contributed by atoms with Crippen molar-refractivity contribution in [2.24, 2.45) is 0 Å². The van der Waals surface area contributed by atoms with E-state index in [1.54, 1.807) is 24.3 Å². The quantitative estimate of drug-likeness (QED) is 0.167. The molecule has 4 aromatic carbocycles. The van der Waals surface area contributed by atoms with Crippen LogP contribution < -0.4 is 4.83 Å². The Kier molecular flexibility index (Phi) is 7.09. The van der Waals surface area contributed by atoms with Crippen LogP contribution in [-0.4, -0.2) is 41.7 Å². The lowest BCUT2D eigenvalue weighted by Gasteiger charge is -2.23. The molecule has 0 aromatic heterocycles. The second kappa shape index (κ2) is 10.1. The monoisotopic (exact) mass is 542 g/mol. The molecule has 0 atom stereocenters. The van der Waals surface area contributed by atoms with Crippen LogP contribution in [0, 0.1) is 0 Å². The molecule has 0 bridgehead atoms. The summed E-state index contributed by atoms with van der Waals surface area (Å²) >= 11 is 0. The molecule has 37 heavy (non-hydrogen) atoms. The Balaban J connectivity index is 1.72. The molecular weight excluding hydrogens is 520 g/mol. The van der Waals surface area contributed by atoms with Crippen molar-refractivity contribution in [2.45, 2.75) is 16.3 Å². The number of hydrogen-bond donors (Lipinski definition) is 5. The summed E-state index contributed by atoms with van der Waals surface area (Å²) in [5.74, 6) is -2.53. The van der Waals surface area contributed by atoms with Gasteiger partial charge in [0, 0.05) is 12.1 Å². The summed E-state index contributed by atoms with van der Waals surface area (Å²) in [7, 11) is -9.17. The molecule has 5 N–H and O–H groups in total. The highest BCUT2D eigenvalue weighted by molar-refractivity contribution is 7.92. The number of nitrogens with zero attached hydrogens (tertiary/aromatic N) is 1. The summed E-state index contributed by atoms with van der Waals surface area (Å²) in [5.41, 5.74) is 2.23. The molecule has 0 heterocycles. The summed E-state index contributed by atoms with van der Waals surface area (Å²) in [4.78, 5) is 1.01. The number of phenols is 4. The van der Waals surface area contributed by atoms with Crippen LogP contribution in [-0.2, 0) is 26.6 Å². The molecule has 0 unspecified atom stereocenters. The summed E-state index contributed by atoms with van der Waals surface area (Å²) in [6, 6.07) is 21.7. The zero-order valence-electron chi connectivity index (χ0n) is 19.1. The van der Waals surface area contributed by atoms with Crippen LogP contribution in [0.2, 0.25) is 0 Å². The Morgan fingerprint density at radius 3 is 1.68 bits per heavy atom. The minimum atomic E-state index is -4.60. The van der Waals surface area contributed by atoms with E-state index in [4.69, 9.17) is 0 Å². The van der Waals surface area contributed by atoms with E-state index < -0.39 is 59.4 Å². The number of rotatable bonds is 8. The SMILES string of the molecule is O=S(=O)(NN(Cc1ccc(-c2ccccc2)cc1)S(=O)(=O)c1ccc(O)c(O)c1)c1ccc(O)c(O)c1. The molecule has 10 nitrogen and oxygen atoms in total. The predicted molar refractivity (Wildman–Crippen MR) is 134 cm³/mol. The van der Waals surface area contributed by atoms with Crippen molar-refractivity contribution in [2.75, 3.05) is 0 Å². The molecule has 0 saturated heterocycles. The highest BCUT2D eigenvalue weighted by atomic mass is 32.2. The minimum absolute atomic E-state index is 0.433. The van der Waals surface area contributed by atoms with Gasteiger partial charge in [-0.15, -0.1) is 9.25 Å². The van der Waals surface area contributed by atoms with Crippen LogP contribution in [0.5, 0.6) is 23.0 Å². The maximum atomic E-state index is 13.4. The average Bonchev–Trinajstić information content (AvgIpc) is 2.87. The van der Waals surface area contributed by atoms with Crippen molar-refractivity contribution < 1.29 is 37.3 Å². The van der Waals surface area contributed by atoms with Crippen molar-refractivity contribution in [3.63, 3.8) is 0 Å². The fourth-order valence-corrected chi connectivity index (χ4v) is 6.13. The Morgan fingerprint density at radius 1 is 0.595 bits per heavy atom. The fourth-order valence-electron chi connectivity index (χ4n) is 3.41. The van der Waals surface area contributed by atoms with Crippen LogP contribution >= 0.6 is 0 Å². The van der Waals surface area contributed by atoms with Gasteiger partial charge in [-0.05, 0) is 41.0 Å². The minimum Gasteiger partial charge on any atom is -0.504 e. The van der Waals surface area contributed by atoms with Gasteiger partial charge in [-0.25, -0.2) is 16.8 Å². The van der Waals surface area contributed by atoms with E-state index in [-0.39, 0.29) is 0 Å². The number of phenolic OH excluding ortho intramolecular Hbond substituents is 4. The lowest BCUT2D eigenvalue weighted by Crippen LogP contribution is -2.45. The van der Waals surface area contributed by atoms with Gasteiger partial charge in [0.15, 0.2) is 23.0 Å². The first-order valence-corrected chi connectivity index (χ1v) is 13.6. The predicted octanol–water partition coefficient (Wildman–Crippen LogP) is 3.26.